The average Bonchev–Trinajstić information content (AvgIpc) is 3.16. The third kappa shape index (κ3) is 3.20. The molecule has 0 radical (unpaired) electrons. The Morgan fingerprint density at radius 2 is 1.83 bits per heavy atom. The number of nitrogens with one attached hydrogen (secondary N) is 1. The minimum absolute atomic E-state index is 0. The number of piperazine rings is 1. The molecule has 1 aliphatic carbocycles. The Balaban J connectivity index is 0.000000960. The van der Waals surface area contributed by atoms with E-state index in [0.717, 1.165) is 49.3 Å². The normalized spacial score (nSPS) is 16.5. The number of nitrogens with zero attached hydrogens (tertiary/aromatic N) is 3. The van der Waals surface area contributed by atoms with E-state index < -0.39 is 0 Å². The van der Waals surface area contributed by atoms with Crippen molar-refractivity contribution in [3.8, 4) is 11.5 Å². The van der Waals surface area contributed by atoms with Crippen LogP contribution in [-0.4, -0.2) is 42.1 Å². The van der Waals surface area contributed by atoms with Crippen LogP contribution in [0.2, 0.25) is 0 Å². The van der Waals surface area contributed by atoms with E-state index in [9.17, 15) is 4.79 Å². The second kappa shape index (κ2) is 7.29. The molecule has 0 amide bonds. The van der Waals surface area contributed by atoms with Gasteiger partial charge >= 0.3 is 0 Å². The van der Waals surface area contributed by atoms with Gasteiger partial charge in [0.05, 0.1) is 0 Å². The minimum Gasteiger partial charge on any atom is -0.336 e. The van der Waals surface area contributed by atoms with Gasteiger partial charge in [-0.3, -0.25) is 4.79 Å². The van der Waals surface area contributed by atoms with E-state index in [0.29, 0.717) is 18.3 Å². The van der Waals surface area contributed by atoms with E-state index in [1.807, 2.05) is 18.2 Å². The minimum atomic E-state index is 0. The molecule has 0 unspecified atom stereocenters. The summed E-state index contributed by atoms with van der Waals surface area (Å²) in [4.78, 5) is 18.4. The molecule has 1 aromatic heterocycles. The van der Waals surface area contributed by atoms with Crippen LogP contribution in [0.15, 0.2) is 22.7 Å². The molecule has 4 rings (SSSR count). The fraction of sp³-hybridized carbons (Fsp3) is 0.400. The number of fused-ring (bicyclic) bond motifs is 1. The summed E-state index contributed by atoms with van der Waals surface area (Å²) in [6.45, 7) is 3.62. The number of hydrogen-bond acceptors (Lipinski definition) is 6. The first-order valence-electron chi connectivity index (χ1n) is 7.28. The van der Waals surface area contributed by atoms with Crippen molar-refractivity contribution in [3.05, 3.63) is 29.3 Å². The van der Waals surface area contributed by atoms with Crippen LogP contribution in [0.3, 0.4) is 0 Å². The molecule has 6 nitrogen and oxygen atoms in total. The molecule has 0 spiro atoms. The Morgan fingerprint density at radius 3 is 2.61 bits per heavy atom. The van der Waals surface area contributed by atoms with Crippen molar-refractivity contribution in [1.29, 1.82) is 0 Å². The smallest absolute Gasteiger partial charge is 0.266 e. The maximum Gasteiger partial charge on any atom is 0.266 e. The van der Waals surface area contributed by atoms with Crippen molar-refractivity contribution in [2.24, 2.45) is 0 Å². The van der Waals surface area contributed by atoms with Gasteiger partial charge in [-0.1, -0.05) is 12.1 Å². The van der Waals surface area contributed by atoms with Gasteiger partial charge in [0, 0.05) is 43.7 Å². The van der Waals surface area contributed by atoms with E-state index in [2.05, 4.69) is 20.4 Å². The molecule has 1 saturated heterocycles. The zero-order valence-electron chi connectivity index (χ0n) is 12.4. The molecule has 0 atom stereocenters. The highest BCUT2D eigenvalue weighted by Gasteiger charge is 2.25. The topological polar surface area (TPSA) is 71.3 Å². The van der Waals surface area contributed by atoms with Gasteiger partial charge in [-0.15, -0.1) is 24.8 Å². The first-order valence-corrected chi connectivity index (χ1v) is 7.28. The lowest BCUT2D eigenvalue weighted by atomic mass is 10.0. The van der Waals surface area contributed by atoms with Crippen LogP contribution >= 0.6 is 24.8 Å². The Labute approximate surface area is 146 Å². The van der Waals surface area contributed by atoms with Crippen molar-refractivity contribution in [1.82, 2.24) is 15.5 Å². The molecule has 2 heterocycles. The van der Waals surface area contributed by atoms with Crippen LogP contribution in [0.4, 0.5) is 5.95 Å². The van der Waals surface area contributed by atoms with E-state index in [4.69, 9.17) is 4.52 Å². The summed E-state index contributed by atoms with van der Waals surface area (Å²) in [5.74, 6) is 1.34. The molecule has 23 heavy (non-hydrogen) atoms. The predicted octanol–water partition coefficient (Wildman–Crippen LogP) is 2.12. The van der Waals surface area contributed by atoms with Crippen molar-refractivity contribution < 1.29 is 9.32 Å². The van der Waals surface area contributed by atoms with Crippen molar-refractivity contribution >= 4 is 36.5 Å². The van der Waals surface area contributed by atoms with E-state index in [1.165, 1.54) is 0 Å². The van der Waals surface area contributed by atoms with Crippen LogP contribution in [0.1, 0.15) is 22.3 Å². The largest absolute Gasteiger partial charge is 0.336 e. The molecule has 1 N–H and O–H groups in total. The number of rotatable bonds is 2. The molecule has 1 aromatic carbocycles. The Bertz CT molecular complexity index is 699. The van der Waals surface area contributed by atoms with Crippen LogP contribution in [0.25, 0.3) is 11.5 Å². The highest BCUT2D eigenvalue weighted by Crippen LogP contribution is 2.32. The molecule has 124 valence electrons. The molecule has 1 aliphatic heterocycles. The number of anilines is 1. The molecular formula is C15H18Cl2N4O2. The predicted molar refractivity (Wildman–Crippen MR) is 92.0 cm³/mol. The van der Waals surface area contributed by atoms with Gasteiger partial charge in [0.1, 0.15) is 0 Å². The average molecular weight is 357 g/mol. The number of Topliss-reactive ketones (excluding diaryl/α,β-unsaturated/α-hetero) is 1. The maximum atomic E-state index is 11.8. The zero-order chi connectivity index (χ0) is 14.2. The Hall–Kier alpha value is -1.63. The van der Waals surface area contributed by atoms with Gasteiger partial charge in [-0.05, 0) is 23.2 Å². The summed E-state index contributed by atoms with van der Waals surface area (Å²) in [5, 5.41) is 7.38. The number of halogens is 2. The van der Waals surface area contributed by atoms with Gasteiger partial charge < -0.3 is 14.7 Å². The Kier molecular flexibility index (Phi) is 5.62. The zero-order valence-corrected chi connectivity index (χ0v) is 14.1. The third-order valence-corrected chi connectivity index (χ3v) is 4.12. The number of carbonyl (C=O) groups is 1. The van der Waals surface area contributed by atoms with E-state index in [-0.39, 0.29) is 30.6 Å². The Morgan fingerprint density at radius 1 is 1.09 bits per heavy atom. The van der Waals surface area contributed by atoms with Crippen LogP contribution in [0, 0.1) is 0 Å². The molecule has 8 heteroatoms. The van der Waals surface area contributed by atoms with Crippen LogP contribution < -0.4 is 10.2 Å². The number of aromatic nitrogens is 2. The van der Waals surface area contributed by atoms with E-state index >= 15 is 0 Å². The van der Waals surface area contributed by atoms with Gasteiger partial charge in [-0.2, -0.15) is 4.98 Å². The quantitative estimate of drug-likeness (QED) is 0.888. The maximum absolute atomic E-state index is 11.8. The fourth-order valence-corrected chi connectivity index (χ4v) is 3.01. The summed E-state index contributed by atoms with van der Waals surface area (Å²) in [6.07, 6.45) is 1.33. The van der Waals surface area contributed by atoms with E-state index in [1.54, 1.807) is 0 Å². The summed E-state index contributed by atoms with van der Waals surface area (Å²) in [6, 6.07) is 5.71. The van der Waals surface area contributed by atoms with Gasteiger partial charge in [0.15, 0.2) is 5.78 Å². The van der Waals surface area contributed by atoms with Crippen LogP contribution in [0.5, 0.6) is 0 Å². The number of hydrogen-bond donors (Lipinski definition) is 1. The first-order chi connectivity index (χ1) is 10.3. The molecule has 0 saturated carbocycles. The van der Waals surface area contributed by atoms with Crippen LogP contribution in [-0.2, 0) is 6.42 Å². The second-order valence-corrected chi connectivity index (χ2v) is 5.39. The summed E-state index contributed by atoms with van der Waals surface area (Å²) in [7, 11) is 0. The molecule has 1 fully saturated rings. The van der Waals surface area contributed by atoms with Crippen molar-refractivity contribution in [3.63, 3.8) is 0 Å². The summed E-state index contributed by atoms with van der Waals surface area (Å²) in [5.41, 5.74) is 2.74. The van der Waals surface area contributed by atoms with Crippen molar-refractivity contribution in [2.75, 3.05) is 31.1 Å². The highest BCUT2D eigenvalue weighted by molar-refractivity contribution is 6.02. The monoisotopic (exact) mass is 356 g/mol. The lowest BCUT2D eigenvalue weighted by molar-refractivity contribution is 0.0994. The highest BCUT2D eigenvalue weighted by atomic mass is 35.5. The van der Waals surface area contributed by atoms with Gasteiger partial charge in [0.25, 0.3) is 11.8 Å². The first kappa shape index (κ1) is 17.7. The number of ketones is 1. The van der Waals surface area contributed by atoms with Gasteiger partial charge in [-0.25, -0.2) is 0 Å². The molecule has 2 aliphatic rings. The third-order valence-electron chi connectivity index (χ3n) is 4.12. The lowest BCUT2D eigenvalue weighted by Gasteiger charge is -2.25. The summed E-state index contributed by atoms with van der Waals surface area (Å²) < 4.78 is 5.43. The molecule has 0 bridgehead atoms. The SMILES string of the molecule is Cl.Cl.O=C1CCc2c1cccc2-c1nc(N2CCNCC2)no1. The van der Waals surface area contributed by atoms with Gasteiger partial charge in [0.2, 0.25) is 0 Å². The summed E-state index contributed by atoms with van der Waals surface area (Å²) >= 11 is 0. The number of benzene rings is 1. The molecule has 2 aromatic rings. The number of carbonyl (C=O) groups excluding carboxylic acids is 1. The van der Waals surface area contributed by atoms with Crippen molar-refractivity contribution in [2.45, 2.75) is 12.8 Å². The molecular weight excluding hydrogens is 339 g/mol. The fourth-order valence-electron chi connectivity index (χ4n) is 3.01. The lowest BCUT2D eigenvalue weighted by Crippen LogP contribution is -2.44. The standard InChI is InChI=1S/C15H16N4O2.2ClH/c20-13-5-4-10-11(13)2-1-3-12(10)14-17-15(18-21-14)19-8-6-16-7-9-19;;/h1-3,16H,4-9H2;2*1H. The second-order valence-electron chi connectivity index (χ2n) is 5.39.